The topological polar surface area (TPSA) is 26.0 Å². The molecule has 2 nitrogen and oxygen atoms in total. The molecule has 1 aromatic rings. The monoisotopic (exact) mass is 187 g/mol. The van der Waals surface area contributed by atoms with Crippen LogP contribution in [0.25, 0.3) is 0 Å². The normalized spacial score (nSPS) is 18.3. The Morgan fingerprint density at radius 3 is 2.89 bits per heavy atom. The van der Waals surface area contributed by atoms with Gasteiger partial charge in [-0.2, -0.15) is 0 Å². The van der Waals surface area contributed by atoms with Crippen LogP contribution in [0.4, 0.5) is 0 Å². The molecule has 0 aromatic carbocycles. The van der Waals surface area contributed by atoms with Crippen molar-refractivity contribution in [2.75, 3.05) is 0 Å². The van der Waals surface area contributed by atoms with E-state index in [0.29, 0.717) is 5.92 Å². The first-order valence-electron chi connectivity index (χ1n) is 2.98. The van der Waals surface area contributed by atoms with Crippen LogP contribution in [0.3, 0.4) is 0 Å². The zero-order valence-corrected chi connectivity index (χ0v) is 6.39. The van der Waals surface area contributed by atoms with E-state index in [2.05, 4.69) is 21.1 Å². The van der Waals surface area contributed by atoms with Crippen LogP contribution < -0.4 is 0 Å². The van der Waals surface area contributed by atoms with Gasteiger partial charge in [-0.25, -0.2) is 0 Å². The van der Waals surface area contributed by atoms with E-state index in [0.717, 1.165) is 10.2 Å². The van der Waals surface area contributed by atoms with Gasteiger partial charge in [0.2, 0.25) is 0 Å². The molecular formula is C6H6BrNO. The fourth-order valence-corrected chi connectivity index (χ4v) is 1.33. The highest BCUT2D eigenvalue weighted by molar-refractivity contribution is 9.10. The molecule has 1 saturated carbocycles. The lowest BCUT2D eigenvalue weighted by atomic mass is 10.3. The molecule has 9 heavy (non-hydrogen) atoms. The number of hydrogen-bond acceptors (Lipinski definition) is 2. The van der Waals surface area contributed by atoms with Gasteiger partial charge in [-0.05, 0) is 28.8 Å². The van der Waals surface area contributed by atoms with Crippen molar-refractivity contribution in [1.29, 1.82) is 0 Å². The van der Waals surface area contributed by atoms with Gasteiger partial charge in [0.25, 0.3) is 0 Å². The van der Waals surface area contributed by atoms with E-state index in [-0.39, 0.29) is 0 Å². The van der Waals surface area contributed by atoms with Gasteiger partial charge in [0, 0.05) is 5.92 Å². The molecule has 1 aliphatic rings. The zero-order chi connectivity index (χ0) is 6.27. The van der Waals surface area contributed by atoms with Crippen LogP contribution >= 0.6 is 15.9 Å². The molecule has 0 aliphatic heterocycles. The third-order valence-corrected chi connectivity index (χ3v) is 2.10. The van der Waals surface area contributed by atoms with Crippen molar-refractivity contribution in [3.05, 3.63) is 16.4 Å². The second kappa shape index (κ2) is 1.84. The molecule has 0 amide bonds. The van der Waals surface area contributed by atoms with Crippen molar-refractivity contribution in [2.45, 2.75) is 18.8 Å². The highest BCUT2D eigenvalue weighted by Crippen LogP contribution is 2.42. The summed E-state index contributed by atoms with van der Waals surface area (Å²) in [4.78, 5) is 0. The Morgan fingerprint density at radius 1 is 1.67 bits per heavy atom. The third kappa shape index (κ3) is 0.894. The van der Waals surface area contributed by atoms with Gasteiger partial charge < -0.3 is 4.52 Å². The molecule has 1 fully saturated rings. The molecule has 2 rings (SSSR count). The highest BCUT2D eigenvalue weighted by Gasteiger charge is 2.29. The van der Waals surface area contributed by atoms with E-state index in [9.17, 15) is 0 Å². The van der Waals surface area contributed by atoms with Crippen LogP contribution in [0, 0.1) is 0 Å². The smallest absolute Gasteiger partial charge is 0.153 e. The fraction of sp³-hybridized carbons (Fsp3) is 0.500. The Hall–Kier alpha value is -0.310. The maximum Gasteiger partial charge on any atom is 0.153 e. The standard InChI is InChI=1S/C6H6BrNO/c7-5-3-8-9-6(5)4-1-2-4/h3-4H,1-2H2. The van der Waals surface area contributed by atoms with Crippen molar-refractivity contribution >= 4 is 15.9 Å². The Balaban J connectivity index is 2.35. The summed E-state index contributed by atoms with van der Waals surface area (Å²) in [5.74, 6) is 1.68. The van der Waals surface area contributed by atoms with E-state index < -0.39 is 0 Å². The molecule has 48 valence electrons. The molecule has 1 heterocycles. The van der Waals surface area contributed by atoms with E-state index in [4.69, 9.17) is 4.52 Å². The predicted octanol–water partition coefficient (Wildman–Crippen LogP) is 2.31. The number of rotatable bonds is 1. The second-order valence-corrected chi connectivity index (χ2v) is 3.17. The summed E-state index contributed by atoms with van der Waals surface area (Å²) >= 11 is 3.35. The summed E-state index contributed by atoms with van der Waals surface area (Å²) in [6, 6.07) is 0. The maximum absolute atomic E-state index is 4.99. The number of hydrogen-bond donors (Lipinski definition) is 0. The Kier molecular flexibility index (Phi) is 1.12. The maximum atomic E-state index is 4.99. The van der Waals surface area contributed by atoms with Crippen LogP contribution in [0.15, 0.2) is 15.2 Å². The number of halogens is 1. The van der Waals surface area contributed by atoms with E-state index in [1.165, 1.54) is 12.8 Å². The minimum Gasteiger partial charge on any atom is -0.360 e. The lowest BCUT2D eigenvalue weighted by molar-refractivity contribution is 0.383. The van der Waals surface area contributed by atoms with Crippen molar-refractivity contribution in [2.24, 2.45) is 0 Å². The molecule has 0 radical (unpaired) electrons. The molecule has 0 N–H and O–H groups in total. The van der Waals surface area contributed by atoms with E-state index >= 15 is 0 Å². The van der Waals surface area contributed by atoms with Crippen molar-refractivity contribution < 1.29 is 4.52 Å². The first-order chi connectivity index (χ1) is 4.38. The van der Waals surface area contributed by atoms with Crippen LogP contribution in [-0.2, 0) is 0 Å². The zero-order valence-electron chi connectivity index (χ0n) is 4.80. The second-order valence-electron chi connectivity index (χ2n) is 2.31. The lowest BCUT2D eigenvalue weighted by Crippen LogP contribution is -1.71. The van der Waals surface area contributed by atoms with Crippen molar-refractivity contribution in [3.8, 4) is 0 Å². The summed E-state index contributed by atoms with van der Waals surface area (Å²) in [5.41, 5.74) is 0. The summed E-state index contributed by atoms with van der Waals surface area (Å²) in [6.07, 6.45) is 4.22. The largest absolute Gasteiger partial charge is 0.360 e. The van der Waals surface area contributed by atoms with E-state index in [1.54, 1.807) is 6.20 Å². The SMILES string of the molecule is Brc1cnoc1C1CC1. The van der Waals surface area contributed by atoms with Crippen molar-refractivity contribution in [3.63, 3.8) is 0 Å². The molecule has 0 saturated heterocycles. The quantitative estimate of drug-likeness (QED) is 0.675. The van der Waals surface area contributed by atoms with Crippen LogP contribution in [0.5, 0.6) is 0 Å². The molecule has 1 aromatic heterocycles. The lowest BCUT2D eigenvalue weighted by Gasteiger charge is -1.85. The first-order valence-corrected chi connectivity index (χ1v) is 3.77. The molecule has 0 spiro atoms. The summed E-state index contributed by atoms with van der Waals surface area (Å²) in [5, 5.41) is 3.66. The Morgan fingerprint density at radius 2 is 2.44 bits per heavy atom. The number of nitrogens with zero attached hydrogens (tertiary/aromatic N) is 1. The van der Waals surface area contributed by atoms with Gasteiger partial charge in [0.15, 0.2) is 5.76 Å². The molecule has 0 bridgehead atoms. The Bertz CT molecular complexity index is 217. The summed E-state index contributed by atoms with van der Waals surface area (Å²) in [7, 11) is 0. The van der Waals surface area contributed by atoms with Crippen LogP contribution in [0.1, 0.15) is 24.5 Å². The van der Waals surface area contributed by atoms with Gasteiger partial charge in [-0.15, -0.1) is 0 Å². The highest BCUT2D eigenvalue weighted by atomic mass is 79.9. The van der Waals surface area contributed by atoms with Gasteiger partial charge in [-0.1, -0.05) is 5.16 Å². The van der Waals surface area contributed by atoms with Gasteiger partial charge in [0.1, 0.15) is 0 Å². The average Bonchev–Trinajstić information content (AvgIpc) is 2.58. The first kappa shape index (κ1) is 5.47. The third-order valence-electron chi connectivity index (χ3n) is 1.50. The molecule has 0 unspecified atom stereocenters. The van der Waals surface area contributed by atoms with E-state index in [1.807, 2.05) is 0 Å². The summed E-state index contributed by atoms with van der Waals surface area (Å²) in [6.45, 7) is 0. The van der Waals surface area contributed by atoms with Crippen LogP contribution in [-0.4, -0.2) is 5.16 Å². The van der Waals surface area contributed by atoms with Gasteiger partial charge >= 0.3 is 0 Å². The molecule has 0 atom stereocenters. The number of aromatic nitrogens is 1. The molecular weight excluding hydrogens is 182 g/mol. The minimum atomic E-state index is 0.655. The average molecular weight is 188 g/mol. The molecule has 3 heteroatoms. The predicted molar refractivity (Wildman–Crippen MR) is 36.2 cm³/mol. The van der Waals surface area contributed by atoms with Crippen molar-refractivity contribution in [1.82, 2.24) is 5.16 Å². The Labute approximate surface area is 61.4 Å². The fourth-order valence-electron chi connectivity index (χ4n) is 0.852. The van der Waals surface area contributed by atoms with Crippen LogP contribution in [0.2, 0.25) is 0 Å². The molecule has 1 aliphatic carbocycles. The summed E-state index contributed by atoms with van der Waals surface area (Å²) < 4.78 is 6.01. The van der Waals surface area contributed by atoms with Gasteiger partial charge in [-0.3, -0.25) is 0 Å². The van der Waals surface area contributed by atoms with Gasteiger partial charge in [0.05, 0.1) is 10.7 Å². The minimum absolute atomic E-state index is 0.655.